The lowest BCUT2D eigenvalue weighted by molar-refractivity contribution is 0.111. The smallest absolute Gasteiger partial charge is 0.265 e. The zero-order chi connectivity index (χ0) is 11.4. The monoisotopic (exact) mass is 230 g/mol. The van der Waals surface area contributed by atoms with E-state index in [0.29, 0.717) is 0 Å². The number of nitriles is 1. The Bertz CT molecular complexity index is 429. The van der Waals surface area contributed by atoms with Gasteiger partial charge >= 0.3 is 0 Å². The average Bonchev–Trinajstić information content (AvgIpc) is 2.26. The summed E-state index contributed by atoms with van der Waals surface area (Å²) in [6.45, 7) is 0. The Balaban J connectivity index is 3.53. The second-order valence-electron chi connectivity index (χ2n) is 2.62. The van der Waals surface area contributed by atoms with E-state index < -0.39 is 17.6 Å². The minimum Gasteiger partial charge on any atom is -0.296 e. The van der Waals surface area contributed by atoms with Gasteiger partial charge in [-0.05, 0) is 5.56 Å². The van der Waals surface area contributed by atoms with Crippen molar-refractivity contribution >= 4 is 17.9 Å². The highest BCUT2D eigenvalue weighted by Gasteiger charge is 2.21. The van der Waals surface area contributed by atoms with Crippen LogP contribution in [-0.4, -0.2) is 11.3 Å². The molecule has 0 spiro atoms. The van der Waals surface area contributed by atoms with Crippen LogP contribution in [0.1, 0.15) is 33.6 Å². The van der Waals surface area contributed by atoms with E-state index in [1.54, 1.807) is 0 Å². The zero-order valence-corrected chi connectivity index (χ0v) is 8.13. The maximum absolute atomic E-state index is 12.6. The van der Waals surface area contributed by atoms with E-state index in [-0.39, 0.29) is 23.4 Å². The average molecular weight is 231 g/mol. The van der Waals surface area contributed by atoms with Gasteiger partial charge in [0.05, 0.1) is 5.56 Å². The van der Waals surface area contributed by atoms with Crippen molar-refractivity contribution in [3.8, 4) is 6.07 Å². The highest BCUT2D eigenvalue weighted by atomic mass is 35.5. The van der Waals surface area contributed by atoms with Gasteiger partial charge in [0.2, 0.25) is 0 Å². The third-order valence-electron chi connectivity index (χ3n) is 1.82. The van der Waals surface area contributed by atoms with Crippen molar-refractivity contribution in [3.05, 3.63) is 28.6 Å². The summed E-state index contributed by atoms with van der Waals surface area (Å²) in [5.74, 6) is -0.180. The summed E-state index contributed by atoms with van der Waals surface area (Å²) in [4.78, 5) is 14.0. The molecule has 1 aromatic rings. The number of pyridine rings is 1. The van der Waals surface area contributed by atoms with Gasteiger partial charge in [-0.3, -0.25) is 9.78 Å². The fourth-order valence-electron chi connectivity index (χ4n) is 1.14. The number of rotatable bonds is 3. The lowest BCUT2D eigenvalue weighted by Crippen LogP contribution is -2.03. The topological polar surface area (TPSA) is 53.8 Å². The minimum absolute atomic E-state index is 0.0637. The minimum atomic E-state index is -2.85. The highest BCUT2D eigenvalue weighted by molar-refractivity contribution is 6.17. The molecule has 0 saturated heterocycles. The van der Waals surface area contributed by atoms with Crippen LogP contribution in [-0.2, 0) is 5.88 Å². The van der Waals surface area contributed by atoms with Crippen molar-refractivity contribution in [2.24, 2.45) is 0 Å². The first-order valence-corrected chi connectivity index (χ1v) is 4.40. The summed E-state index contributed by atoms with van der Waals surface area (Å²) >= 11 is 5.43. The molecule has 78 valence electrons. The van der Waals surface area contributed by atoms with Crippen molar-refractivity contribution < 1.29 is 13.6 Å². The lowest BCUT2D eigenvalue weighted by Gasteiger charge is -2.08. The molecule has 0 radical (unpaired) electrons. The Morgan fingerprint density at radius 2 is 2.33 bits per heavy atom. The van der Waals surface area contributed by atoms with Gasteiger partial charge in [0.25, 0.3) is 6.43 Å². The third kappa shape index (κ3) is 2.10. The molecule has 0 aliphatic rings. The molecule has 15 heavy (non-hydrogen) atoms. The predicted molar refractivity (Wildman–Crippen MR) is 48.9 cm³/mol. The first-order chi connectivity index (χ1) is 7.15. The summed E-state index contributed by atoms with van der Waals surface area (Å²) in [7, 11) is 0. The van der Waals surface area contributed by atoms with Gasteiger partial charge in [-0.25, -0.2) is 8.78 Å². The maximum atomic E-state index is 12.6. The van der Waals surface area contributed by atoms with E-state index >= 15 is 0 Å². The second-order valence-corrected chi connectivity index (χ2v) is 2.89. The van der Waals surface area contributed by atoms with Crippen molar-refractivity contribution in [1.82, 2.24) is 4.98 Å². The molecule has 0 aromatic carbocycles. The van der Waals surface area contributed by atoms with Crippen molar-refractivity contribution in [1.29, 1.82) is 5.26 Å². The van der Waals surface area contributed by atoms with Crippen LogP contribution in [0.15, 0.2) is 6.20 Å². The number of aromatic nitrogens is 1. The molecule has 0 saturated carbocycles. The van der Waals surface area contributed by atoms with Crippen molar-refractivity contribution in [3.63, 3.8) is 0 Å². The van der Waals surface area contributed by atoms with Gasteiger partial charge in [0.15, 0.2) is 6.29 Å². The Labute approximate surface area is 89.3 Å². The van der Waals surface area contributed by atoms with Crippen LogP contribution in [0.25, 0.3) is 0 Å². The summed E-state index contributed by atoms with van der Waals surface area (Å²) in [5, 5.41) is 8.67. The first kappa shape index (κ1) is 11.5. The quantitative estimate of drug-likeness (QED) is 0.592. The molecule has 0 amide bonds. The molecule has 0 fully saturated rings. The normalized spacial score (nSPS) is 10.1. The van der Waals surface area contributed by atoms with Gasteiger partial charge in [-0.1, -0.05) is 0 Å². The van der Waals surface area contributed by atoms with Crippen LogP contribution in [0.5, 0.6) is 0 Å². The number of carbonyl (C=O) groups excluding carboxylic acids is 1. The largest absolute Gasteiger partial charge is 0.296 e. The fraction of sp³-hybridized carbons (Fsp3) is 0.222. The molecule has 0 aliphatic heterocycles. The molecule has 0 N–H and O–H groups in total. The molecule has 1 rings (SSSR count). The molecule has 1 heterocycles. The number of halogens is 3. The Morgan fingerprint density at radius 1 is 1.67 bits per heavy atom. The lowest BCUT2D eigenvalue weighted by atomic mass is 10.0. The van der Waals surface area contributed by atoms with E-state index in [1.165, 1.54) is 6.07 Å². The second kappa shape index (κ2) is 4.80. The Kier molecular flexibility index (Phi) is 3.69. The third-order valence-corrected chi connectivity index (χ3v) is 2.10. The standard InChI is InChI=1S/C9H5ClF2N2O/c10-1-5-3-14-7(4-15)6(2-13)8(5)9(11)12/h3-4,9H,1H2. The van der Waals surface area contributed by atoms with Gasteiger partial charge < -0.3 is 0 Å². The number of carbonyl (C=O) groups is 1. The van der Waals surface area contributed by atoms with E-state index in [4.69, 9.17) is 16.9 Å². The van der Waals surface area contributed by atoms with Gasteiger partial charge in [0, 0.05) is 17.6 Å². The predicted octanol–water partition coefficient (Wildman–Crippen LogP) is 2.44. The number of hydrogen-bond donors (Lipinski definition) is 0. The van der Waals surface area contributed by atoms with Crippen LogP contribution in [0.3, 0.4) is 0 Å². The zero-order valence-electron chi connectivity index (χ0n) is 7.38. The summed E-state index contributed by atoms with van der Waals surface area (Å²) in [6, 6.07) is 1.54. The van der Waals surface area contributed by atoms with E-state index in [1.807, 2.05) is 0 Å². The number of hydrogen-bond acceptors (Lipinski definition) is 3. The Morgan fingerprint density at radius 3 is 2.73 bits per heavy atom. The summed E-state index contributed by atoms with van der Waals surface area (Å²) < 4.78 is 25.2. The summed E-state index contributed by atoms with van der Waals surface area (Å²) in [5.41, 5.74) is -1.14. The number of aldehydes is 1. The van der Waals surface area contributed by atoms with Gasteiger partial charge in [0.1, 0.15) is 11.8 Å². The molecular weight excluding hydrogens is 226 g/mol. The van der Waals surface area contributed by atoms with Crippen LogP contribution in [0.2, 0.25) is 0 Å². The number of alkyl halides is 3. The van der Waals surface area contributed by atoms with Crippen molar-refractivity contribution in [2.75, 3.05) is 0 Å². The van der Waals surface area contributed by atoms with E-state index in [0.717, 1.165) is 6.20 Å². The first-order valence-electron chi connectivity index (χ1n) is 3.86. The van der Waals surface area contributed by atoms with Gasteiger partial charge in [-0.2, -0.15) is 5.26 Å². The van der Waals surface area contributed by atoms with Crippen LogP contribution in [0, 0.1) is 11.3 Å². The van der Waals surface area contributed by atoms with Crippen molar-refractivity contribution in [2.45, 2.75) is 12.3 Å². The molecular formula is C9H5ClF2N2O. The molecule has 6 heteroatoms. The van der Waals surface area contributed by atoms with E-state index in [2.05, 4.69) is 4.98 Å². The molecule has 0 aliphatic carbocycles. The Hall–Kier alpha value is -1.54. The molecule has 0 bridgehead atoms. The fourth-order valence-corrected chi connectivity index (χ4v) is 1.36. The number of nitrogens with zero attached hydrogens (tertiary/aromatic N) is 2. The molecule has 0 unspecified atom stereocenters. The van der Waals surface area contributed by atoms with Crippen LogP contribution < -0.4 is 0 Å². The van der Waals surface area contributed by atoms with Gasteiger partial charge in [-0.15, -0.1) is 11.6 Å². The van der Waals surface area contributed by atoms with Crippen LogP contribution in [0.4, 0.5) is 8.78 Å². The summed E-state index contributed by atoms with van der Waals surface area (Å²) in [6.07, 6.45) is -1.50. The SMILES string of the molecule is N#Cc1c(C=O)ncc(CCl)c1C(F)F. The van der Waals surface area contributed by atoms with Crippen LogP contribution >= 0.6 is 11.6 Å². The van der Waals surface area contributed by atoms with E-state index in [9.17, 15) is 13.6 Å². The highest BCUT2D eigenvalue weighted by Crippen LogP contribution is 2.28. The molecule has 0 atom stereocenters. The molecule has 3 nitrogen and oxygen atoms in total. The maximum Gasteiger partial charge on any atom is 0.265 e. The molecule has 1 aromatic heterocycles.